The molecule has 18 heavy (non-hydrogen) atoms. The summed E-state index contributed by atoms with van der Waals surface area (Å²) in [6.45, 7) is 2.33. The number of benzene rings is 1. The Bertz CT molecular complexity index is 517. The zero-order valence-corrected chi connectivity index (χ0v) is 9.82. The summed E-state index contributed by atoms with van der Waals surface area (Å²) >= 11 is 0. The number of aromatic amines is 1. The van der Waals surface area contributed by atoms with Crippen molar-refractivity contribution in [3.05, 3.63) is 42.1 Å². The predicted molar refractivity (Wildman–Crippen MR) is 65.5 cm³/mol. The van der Waals surface area contributed by atoms with Gasteiger partial charge < -0.3 is 15.0 Å². The van der Waals surface area contributed by atoms with Gasteiger partial charge in [-0.05, 0) is 29.8 Å². The van der Waals surface area contributed by atoms with E-state index in [0.29, 0.717) is 6.61 Å². The van der Waals surface area contributed by atoms with Crippen LogP contribution in [0.4, 0.5) is 4.39 Å². The molecule has 1 fully saturated rings. The van der Waals surface area contributed by atoms with Gasteiger partial charge in [0.05, 0.1) is 18.5 Å². The van der Waals surface area contributed by atoms with Gasteiger partial charge in [-0.1, -0.05) is 0 Å². The molecule has 1 aliphatic rings. The third kappa shape index (κ3) is 2.27. The molecule has 0 bridgehead atoms. The second kappa shape index (κ2) is 4.88. The maximum Gasteiger partial charge on any atom is 0.137 e. The maximum absolute atomic E-state index is 12.8. The Morgan fingerprint density at radius 3 is 2.83 bits per heavy atom. The summed E-state index contributed by atoms with van der Waals surface area (Å²) in [6.07, 6.45) is 1.72. The molecule has 0 radical (unpaired) electrons. The third-order valence-electron chi connectivity index (χ3n) is 2.98. The number of halogens is 1. The standard InChI is InChI=1S/C13H14FN3O/c14-10-3-1-9(2-4-10)11-7-16-13(17-11)12-8-15-5-6-18-12/h1-4,7,12,15H,5-6,8H2,(H,16,17). The lowest BCUT2D eigenvalue weighted by Crippen LogP contribution is -2.33. The van der Waals surface area contributed by atoms with Crippen LogP contribution < -0.4 is 5.32 Å². The number of H-pyrrole nitrogens is 1. The first-order chi connectivity index (χ1) is 8.83. The van der Waals surface area contributed by atoms with E-state index in [4.69, 9.17) is 4.74 Å². The predicted octanol–water partition coefficient (Wildman–Crippen LogP) is 1.88. The van der Waals surface area contributed by atoms with Gasteiger partial charge in [0.1, 0.15) is 17.7 Å². The molecule has 0 amide bonds. The van der Waals surface area contributed by atoms with Crippen LogP contribution in [0.5, 0.6) is 0 Å². The second-order valence-corrected chi connectivity index (χ2v) is 4.25. The van der Waals surface area contributed by atoms with Gasteiger partial charge in [-0.15, -0.1) is 0 Å². The molecule has 1 unspecified atom stereocenters. The minimum absolute atomic E-state index is 0.0343. The van der Waals surface area contributed by atoms with Gasteiger partial charge in [-0.25, -0.2) is 9.37 Å². The molecule has 2 N–H and O–H groups in total. The summed E-state index contributed by atoms with van der Waals surface area (Å²) in [5, 5.41) is 3.26. The Kier molecular flexibility index (Phi) is 3.08. The summed E-state index contributed by atoms with van der Waals surface area (Å²) in [6, 6.07) is 6.34. The van der Waals surface area contributed by atoms with Crippen molar-refractivity contribution in [2.24, 2.45) is 0 Å². The Balaban J connectivity index is 1.82. The molecule has 3 rings (SSSR count). The lowest BCUT2D eigenvalue weighted by Gasteiger charge is -2.21. The summed E-state index contributed by atoms with van der Waals surface area (Å²) < 4.78 is 18.5. The van der Waals surface area contributed by atoms with E-state index in [1.807, 2.05) is 0 Å². The fourth-order valence-electron chi connectivity index (χ4n) is 2.02. The molecular weight excluding hydrogens is 233 g/mol. The highest BCUT2D eigenvalue weighted by molar-refractivity contribution is 5.58. The highest BCUT2D eigenvalue weighted by Crippen LogP contribution is 2.21. The van der Waals surface area contributed by atoms with Crippen LogP contribution in [-0.2, 0) is 4.74 Å². The van der Waals surface area contributed by atoms with E-state index < -0.39 is 0 Å². The number of rotatable bonds is 2. The lowest BCUT2D eigenvalue weighted by molar-refractivity contribution is 0.0227. The van der Waals surface area contributed by atoms with Gasteiger partial charge in [-0.3, -0.25) is 0 Å². The van der Waals surface area contributed by atoms with E-state index in [1.54, 1.807) is 18.3 Å². The summed E-state index contributed by atoms with van der Waals surface area (Å²) in [5.74, 6) is 0.569. The Labute approximate surface area is 104 Å². The molecule has 1 aromatic carbocycles. The quantitative estimate of drug-likeness (QED) is 0.851. The second-order valence-electron chi connectivity index (χ2n) is 4.25. The van der Waals surface area contributed by atoms with Crippen molar-refractivity contribution in [1.29, 1.82) is 0 Å². The van der Waals surface area contributed by atoms with Crippen LogP contribution in [0.25, 0.3) is 11.3 Å². The minimum Gasteiger partial charge on any atom is -0.368 e. The summed E-state index contributed by atoms with van der Waals surface area (Å²) in [7, 11) is 0. The third-order valence-corrected chi connectivity index (χ3v) is 2.98. The van der Waals surface area contributed by atoms with E-state index >= 15 is 0 Å². The Hall–Kier alpha value is -1.72. The number of hydrogen-bond acceptors (Lipinski definition) is 3. The Morgan fingerprint density at radius 1 is 1.28 bits per heavy atom. The molecule has 0 saturated carbocycles. The van der Waals surface area contributed by atoms with Gasteiger partial charge in [0.25, 0.3) is 0 Å². The van der Waals surface area contributed by atoms with Gasteiger partial charge in [0.2, 0.25) is 0 Å². The zero-order valence-electron chi connectivity index (χ0n) is 9.82. The number of ether oxygens (including phenoxy) is 1. The van der Waals surface area contributed by atoms with Crippen LogP contribution in [-0.4, -0.2) is 29.7 Å². The molecule has 94 valence electrons. The number of nitrogens with one attached hydrogen (secondary N) is 2. The van der Waals surface area contributed by atoms with Gasteiger partial charge in [0, 0.05) is 13.1 Å². The topological polar surface area (TPSA) is 49.9 Å². The smallest absolute Gasteiger partial charge is 0.137 e. The average molecular weight is 247 g/mol. The first-order valence-electron chi connectivity index (χ1n) is 5.96. The van der Waals surface area contributed by atoms with Crippen molar-refractivity contribution in [3.8, 4) is 11.3 Å². The summed E-state index contributed by atoms with van der Waals surface area (Å²) in [4.78, 5) is 7.54. The van der Waals surface area contributed by atoms with Crippen molar-refractivity contribution in [3.63, 3.8) is 0 Å². The molecule has 2 heterocycles. The number of morpholine rings is 1. The van der Waals surface area contributed by atoms with Crippen molar-refractivity contribution in [1.82, 2.24) is 15.3 Å². The minimum atomic E-state index is -0.238. The first-order valence-corrected chi connectivity index (χ1v) is 5.96. The van der Waals surface area contributed by atoms with Crippen LogP contribution in [0.1, 0.15) is 11.9 Å². The number of imidazole rings is 1. The van der Waals surface area contributed by atoms with E-state index in [2.05, 4.69) is 15.3 Å². The first kappa shape index (κ1) is 11.4. The van der Waals surface area contributed by atoms with Crippen LogP contribution in [0.3, 0.4) is 0 Å². The molecule has 0 spiro atoms. The normalized spacial score (nSPS) is 19.9. The molecule has 4 nitrogen and oxygen atoms in total. The Morgan fingerprint density at radius 2 is 2.11 bits per heavy atom. The van der Waals surface area contributed by atoms with Crippen molar-refractivity contribution >= 4 is 0 Å². The van der Waals surface area contributed by atoms with Crippen LogP contribution in [0, 0.1) is 5.82 Å². The molecular formula is C13H14FN3O. The highest BCUT2D eigenvalue weighted by Gasteiger charge is 2.18. The maximum atomic E-state index is 12.8. The monoisotopic (exact) mass is 247 g/mol. The highest BCUT2D eigenvalue weighted by atomic mass is 19.1. The van der Waals surface area contributed by atoms with E-state index in [0.717, 1.165) is 30.2 Å². The number of nitrogens with zero attached hydrogens (tertiary/aromatic N) is 1. The average Bonchev–Trinajstić information content (AvgIpc) is 2.90. The van der Waals surface area contributed by atoms with E-state index in [1.165, 1.54) is 12.1 Å². The largest absolute Gasteiger partial charge is 0.368 e. The van der Waals surface area contributed by atoms with Gasteiger partial charge >= 0.3 is 0 Å². The van der Waals surface area contributed by atoms with Crippen molar-refractivity contribution < 1.29 is 9.13 Å². The van der Waals surface area contributed by atoms with Crippen LogP contribution in [0.15, 0.2) is 30.5 Å². The SMILES string of the molecule is Fc1ccc(-c2cnc(C3CNCCO3)[nH]2)cc1. The van der Waals surface area contributed by atoms with Crippen LogP contribution in [0.2, 0.25) is 0 Å². The molecule has 1 saturated heterocycles. The molecule has 5 heteroatoms. The fraction of sp³-hybridized carbons (Fsp3) is 0.308. The fourth-order valence-corrected chi connectivity index (χ4v) is 2.02. The van der Waals surface area contributed by atoms with Crippen molar-refractivity contribution in [2.75, 3.05) is 19.7 Å². The molecule has 1 aromatic heterocycles. The van der Waals surface area contributed by atoms with Crippen LogP contribution >= 0.6 is 0 Å². The van der Waals surface area contributed by atoms with E-state index in [9.17, 15) is 4.39 Å². The van der Waals surface area contributed by atoms with E-state index in [-0.39, 0.29) is 11.9 Å². The number of hydrogen-bond donors (Lipinski definition) is 2. The zero-order chi connectivity index (χ0) is 12.4. The van der Waals surface area contributed by atoms with Gasteiger partial charge in [0.15, 0.2) is 0 Å². The van der Waals surface area contributed by atoms with Gasteiger partial charge in [-0.2, -0.15) is 0 Å². The molecule has 2 aromatic rings. The molecule has 0 aliphatic carbocycles. The van der Waals surface area contributed by atoms with Crippen molar-refractivity contribution in [2.45, 2.75) is 6.10 Å². The lowest BCUT2D eigenvalue weighted by atomic mass is 10.2. The molecule has 1 aliphatic heterocycles. The summed E-state index contributed by atoms with van der Waals surface area (Å²) in [5.41, 5.74) is 1.79. The molecule has 1 atom stereocenters. The number of aromatic nitrogens is 2.